The number of nitrogens with zero attached hydrogens (tertiary/aromatic N) is 1. The van der Waals surface area contributed by atoms with Crippen LogP contribution in [0.4, 0.5) is 4.79 Å². The zero-order valence-electron chi connectivity index (χ0n) is 20.9. The van der Waals surface area contributed by atoms with Gasteiger partial charge >= 0.3 is 6.03 Å². The Labute approximate surface area is 210 Å². The highest BCUT2D eigenvalue weighted by Gasteiger charge is 2.49. The molecule has 1 heterocycles. The van der Waals surface area contributed by atoms with Crippen molar-refractivity contribution in [2.45, 2.75) is 51.1 Å². The molecule has 4 amide bonds. The van der Waals surface area contributed by atoms with Crippen LogP contribution in [-0.2, 0) is 28.0 Å². The Kier molecular flexibility index (Phi) is 6.16. The SMILES string of the molecule is COc1ccc2cc(C3(C)NC(=O)N(CC(=O)NC(C)c4ccc5c(c4)CCCC5)C3=O)ccc2c1. The molecule has 1 aliphatic carbocycles. The van der Waals surface area contributed by atoms with Gasteiger partial charge in [0.25, 0.3) is 5.91 Å². The summed E-state index contributed by atoms with van der Waals surface area (Å²) in [6, 6.07) is 16.8. The fourth-order valence-electron chi connectivity index (χ4n) is 5.23. The number of amides is 4. The van der Waals surface area contributed by atoms with Gasteiger partial charge in [0.15, 0.2) is 0 Å². The second-order valence-electron chi connectivity index (χ2n) is 9.90. The van der Waals surface area contributed by atoms with E-state index in [0.29, 0.717) is 5.56 Å². The van der Waals surface area contributed by atoms with Gasteiger partial charge < -0.3 is 15.4 Å². The van der Waals surface area contributed by atoms with Gasteiger partial charge in [-0.1, -0.05) is 36.4 Å². The molecule has 0 radical (unpaired) electrons. The van der Waals surface area contributed by atoms with Crippen LogP contribution in [-0.4, -0.2) is 36.4 Å². The zero-order valence-corrected chi connectivity index (χ0v) is 20.9. The first-order valence-electron chi connectivity index (χ1n) is 12.4. The van der Waals surface area contributed by atoms with E-state index >= 15 is 0 Å². The second-order valence-corrected chi connectivity index (χ2v) is 9.90. The smallest absolute Gasteiger partial charge is 0.325 e. The first-order valence-corrected chi connectivity index (χ1v) is 12.4. The van der Waals surface area contributed by atoms with E-state index in [2.05, 4.69) is 28.8 Å². The number of rotatable bonds is 6. The Hall–Kier alpha value is -3.87. The molecular weight excluding hydrogens is 454 g/mol. The molecule has 0 bridgehead atoms. The predicted molar refractivity (Wildman–Crippen MR) is 138 cm³/mol. The Balaban J connectivity index is 1.29. The summed E-state index contributed by atoms with van der Waals surface area (Å²) < 4.78 is 5.28. The van der Waals surface area contributed by atoms with E-state index in [1.165, 1.54) is 24.0 Å². The maximum atomic E-state index is 13.4. The van der Waals surface area contributed by atoms with Crippen LogP contribution < -0.4 is 15.4 Å². The molecule has 3 aromatic carbocycles. The molecule has 1 fully saturated rings. The van der Waals surface area contributed by atoms with Crippen LogP contribution in [0, 0.1) is 0 Å². The Morgan fingerprint density at radius 3 is 2.53 bits per heavy atom. The van der Waals surface area contributed by atoms with Gasteiger partial charge in [0.1, 0.15) is 17.8 Å². The molecule has 2 N–H and O–H groups in total. The molecule has 186 valence electrons. The van der Waals surface area contributed by atoms with Gasteiger partial charge in [-0.25, -0.2) is 4.79 Å². The molecule has 0 spiro atoms. The molecule has 0 saturated carbocycles. The van der Waals surface area contributed by atoms with Crippen LogP contribution in [0.3, 0.4) is 0 Å². The number of hydrogen-bond donors (Lipinski definition) is 2. The van der Waals surface area contributed by atoms with Crippen molar-refractivity contribution in [1.29, 1.82) is 0 Å². The van der Waals surface area contributed by atoms with E-state index in [-0.39, 0.29) is 18.5 Å². The third-order valence-corrected chi connectivity index (χ3v) is 7.45. The van der Waals surface area contributed by atoms with Crippen molar-refractivity contribution in [1.82, 2.24) is 15.5 Å². The fraction of sp³-hybridized carbons (Fsp3) is 0.345. The van der Waals surface area contributed by atoms with Crippen molar-refractivity contribution in [2.24, 2.45) is 0 Å². The summed E-state index contributed by atoms with van der Waals surface area (Å²) in [6.45, 7) is 3.26. The van der Waals surface area contributed by atoms with Crippen LogP contribution in [0.25, 0.3) is 10.8 Å². The molecule has 5 rings (SSSR count). The lowest BCUT2D eigenvalue weighted by Crippen LogP contribution is -2.43. The summed E-state index contributed by atoms with van der Waals surface area (Å²) in [6.07, 6.45) is 4.57. The highest BCUT2D eigenvalue weighted by atomic mass is 16.5. The van der Waals surface area contributed by atoms with Gasteiger partial charge in [0, 0.05) is 0 Å². The maximum Gasteiger partial charge on any atom is 0.325 e. The van der Waals surface area contributed by atoms with Crippen LogP contribution >= 0.6 is 0 Å². The highest BCUT2D eigenvalue weighted by Crippen LogP contribution is 2.32. The number of nitrogens with one attached hydrogen (secondary N) is 2. The van der Waals surface area contributed by atoms with Gasteiger partial charge in [0.05, 0.1) is 13.2 Å². The number of benzene rings is 3. The van der Waals surface area contributed by atoms with E-state index in [9.17, 15) is 14.4 Å². The van der Waals surface area contributed by atoms with Crippen LogP contribution in [0.2, 0.25) is 0 Å². The lowest BCUT2D eigenvalue weighted by molar-refractivity contribution is -0.135. The number of aryl methyl sites for hydroxylation is 2. The second kappa shape index (κ2) is 9.30. The van der Waals surface area contributed by atoms with Gasteiger partial charge in [0.2, 0.25) is 5.91 Å². The molecule has 1 saturated heterocycles. The molecule has 7 nitrogen and oxygen atoms in total. The lowest BCUT2D eigenvalue weighted by atomic mass is 9.89. The van der Waals surface area contributed by atoms with Crippen molar-refractivity contribution in [3.8, 4) is 5.75 Å². The van der Waals surface area contributed by atoms with E-state index in [0.717, 1.165) is 39.8 Å². The number of imide groups is 1. The van der Waals surface area contributed by atoms with Gasteiger partial charge in [-0.15, -0.1) is 0 Å². The predicted octanol–water partition coefficient (Wildman–Crippen LogP) is 4.37. The van der Waals surface area contributed by atoms with Gasteiger partial charge in [-0.2, -0.15) is 0 Å². The van der Waals surface area contributed by atoms with E-state index < -0.39 is 17.5 Å². The number of urea groups is 1. The van der Waals surface area contributed by atoms with Crippen molar-refractivity contribution in [3.05, 3.63) is 76.9 Å². The lowest BCUT2D eigenvalue weighted by Gasteiger charge is -2.23. The number of methoxy groups -OCH3 is 1. The number of carbonyl (C=O) groups excluding carboxylic acids is 3. The molecule has 0 aromatic heterocycles. The Morgan fingerprint density at radius 2 is 1.75 bits per heavy atom. The summed E-state index contributed by atoms with van der Waals surface area (Å²) in [5, 5.41) is 7.63. The summed E-state index contributed by atoms with van der Waals surface area (Å²) >= 11 is 0. The average molecular weight is 486 g/mol. The summed E-state index contributed by atoms with van der Waals surface area (Å²) in [5.41, 5.74) is 3.16. The summed E-state index contributed by atoms with van der Waals surface area (Å²) in [7, 11) is 1.61. The van der Waals surface area contributed by atoms with Crippen molar-refractivity contribution >= 4 is 28.6 Å². The number of carbonyl (C=O) groups is 3. The zero-order chi connectivity index (χ0) is 25.4. The van der Waals surface area contributed by atoms with Crippen molar-refractivity contribution in [3.63, 3.8) is 0 Å². The quantitative estimate of drug-likeness (QED) is 0.508. The Morgan fingerprint density at radius 1 is 1.03 bits per heavy atom. The standard InChI is InChI=1S/C29H31N3O4/c1-18(20-9-8-19-6-4-5-7-21(19)14-20)30-26(33)17-32-27(34)29(2,31-28(32)35)24-12-10-23-16-25(36-3)13-11-22(23)15-24/h8-16,18H,4-7,17H2,1-3H3,(H,30,33)(H,31,35). The van der Waals surface area contributed by atoms with Gasteiger partial charge in [-0.05, 0) is 90.8 Å². The minimum Gasteiger partial charge on any atom is -0.497 e. The largest absolute Gasteiger partial charge is 0.497 e. The summed E-state index contributed by atoms with van der Waals surface area (Å²) in [4.78, 5) is 40.0. The third-order valence-electron chi connectivity index (χ3n) is 7.45. The molecule has 7 heteroatoms. The minimum absolute atomic E-state index is 0.227. The molecule has 2 aliphatic rings. The summed E-state index contributed by atoms with van der Waals surface area (Å²) in [5.74, 6) is -0.0796. The van der Waals surface area contributed by atoms with Crippen LogP contribution in [0.15, 0.2) is 54.6 Å². The average Bonchev–Trinajstić information content (AvgIpc) is 3.11. The highest BCUT2D eigenvalue weighted by molar-refractivity contribution is 6.09. The number of hydrogen-bond acceptors (Lipinski definition) is 4. The minimum atomic E-state index is -1.25. The number of fused-ring (bicyclic) bond motifs is 2. The Bertz CT molecular complexity index is 1370. The van der Waals surface area contributed by atoms with Crippen LogP contribution in [0.1, 0.15) is 55.0 Å². The fourth-order valence-corrected chi connectivity index (χ4v) is 5.23. The monoisotopic (exact) mass is 485 g/mol. The van der Waals surface area contributed by atoms with Crippen molar-refractivity contribution < 1.29 is 19.1 Å². The first-order chi connectivity index (χ1) is 17.3. The topological polar surface area (TPSA) is 87.7 Å². The molecule has 3 aromatic rings. The molecule has 2 atom stereocenters. The van der Waals surface area contributed by atoms with E-state index in [4.69, 9.17) is 4.74 Å². The molecule has 2 unspecified atom stereocenters. The van der Waals surface area contributed by atoms with Crippen molar-refractivity contribution in [2.75, 3.05) is 13.7 Å². The number of ether oxygens (including phenoxy) is 1. The molecule has 36 heavy (non-hydrogen) atoms. The van der Waals surface area contributed by atoms with Crippen LogP contribution in [0.5, 0.6) is 5.75 Å². The maximum absolute atomic E-state index is 13.4. The van der Waals surface area contributed by atoms with E-state index in [1.54, 1.807) is 14.0 Å². The third kappa shape index (κ3) is 4.30. The molecular formula is C29H31N3O4. The first kappa shape index (κ1) is 23.9. The van der Waals surface area contributed by atoms with E-state index in [1.807, 2.05) is 43.3 Å². The van der Waals surface area contributed by atoms with Gasteiger partial charge in [-0.3, -0.25) is 14.5 Å². The molecule has 1 aliphatic heterocycles. The normalized spacial score (nSPS) is 20.1.